The second-order valence-electron chi connectivity index (χ2n) is 13.8. The zero-order valence-corrected chi connectivity index (χ0v) is 28.7. The van der Waals surface area contributed by atoms with Crippen molar-refractivity contribution in [2.75, 3.05) is 0 Å². The van der Waals surface area contributed by atoms with Crippen molar-refractivity contribution < 1.29 is 0 Å². The Hall–Kier alpha value is -6.62. The van der Waals surface area contributed by atoms with Crippen molar-refractivity contribution in [3.63, 3.8) is 0 Å². The molecule has 12 aromatic rings. The minimum atomic E-state index is 0.746. The van der Waals surface area contributed by atoms with Gasteiger partial charge < -0.3 is 4.40 Å². The summed E-state index contributed by atoms with van der Waals surface area (Å²) in [7, 11) is 0. The largest absolute Gasteiger partial charge is 0.308 e. The van der Waals surface area contributed by atoms with Gasteiger partial charge >= 0.3 is 0 Å². The first-order chi connectivity index (χ1) is 25.8. The van der Waals surface area contributed by atoms with Crippen molar-refractivity contribution in [1.82, 2.24) is 14.4 Å². The summed E-state index contributed by atoms with van der Waals surface area (Å²) < 4.78 is 5.01. The number of benzene rings is 8. The van der Waals surface area contributed by atoms with E-state index in [1.165, 1.54) is 80.2 Å². The van der Waals surface area contributed by atoms with Crippen LogP contribution in [0.2, 0.25) is 0 Å². The van der Waals surface area contributed by atoms with Gasteiger partial charge in [0.1, 0.15) is 0 Å². The van der Waals surface area contributed by atoms with Gasteiger partial charge in [-0.15, -0.1) is 11.3 Å². The lowest BCUT2D eigenvalue weighted by atomic mass is 9.99. The molecule has 4 heteroatoms. The van der Waals surface area contributed by atoms with E-state index in [2.05, 4.69) is 156 Å². The average Bonchev–Trinajstić information content (AvgIpc) is 3.75. The Morgan fingerprint density at radius 1 is 0.404 bits per heavy atom. The summed E-state index contributed by atoms with van der Waals surface area (Å²) in [4.78, 5) is 10.2. The molecule has 0 aliphatic carbocycles. The molecule has 0 saturated heterocycles. The van der Waals surface area contributed by atoms with E-state index in [4.69, 9.17) is 9.97 Å². The summed E-state index contributed by atoms with van der Waals surface area (Å²) in [6.45, 7) is 0. The zero-order valence-electron chi connectivity index (χ0n) is 27.8. The van der Waals surface area contributed by atoms with Gasteiger partial charge in [0, 0.05) is 58.2 Å². The van der Waals surface area contributed by atoms with Crippen LogP contribution in [-0.4, -0.2) is 14.4 Å². The van der Waals surface area contributed by atoms with Gasteiger partial charge in [0.2, 0.25) is 0 Å². The van der Waals surface area contributed by atoms with Crippen LogP contribution in [0.1, 0.15) is 0 Å². The highest BCUT2D eigenvalue weighted by molar-refractivity contribution is 7.25. The highest BCUT2D eigenvalue weighted by Gasteiger charge is 2.18. The summed E-state index contributed by atoms with van der Waals surface area (Å²) in [6.07, 6.45) is 0. The SMILES string of the molecule is c1ccc(-c2nc(-c3ccc4c(c3)sc3ccc(-c5ccc6c7cccc8c9cccc%10cccc(c%109)n(c6c5)c87)cc34)nc3ccccc23)cc1. The first-order valence-corrected chi connectivity index (χ1v) is 18.5. The van der Waals surface area contributed by atoms with Crippen molar-refractivity contribution in [2.45, 2.75) is 0 Å². The van der Waals surface area contributed by atoms with Gasteiger partial charge in [0.25, 0.3) is 0 Å². The maximum Gasteiger partial charge on any atom is 0.160 e. The van der Waals surface area contributed by atoms with Gasteiger partial charge in [-0.2, -0.15) is 0 Å². The predicted octanol–water partition coefficient (Wildman–Crippen LogP) is 13.3. The molecule has 4 aromatic heterocycles. The number of hydrogen-bond donors (Lipinski definition) is 0. The fourth-order valence-electron chi connectivity index (χ4n) is 8.56. The highest BCUT2D eigenvalue weighted by Crippen LogP contribution is 2.43. The highest BCUT2D eigenvalue weighted by atomic mass is 32.1. The van der Waals surface area contributed by atoms with Crippen LogP contribution >= 0.6 is 11.3 Å². The van der Waals surface area contributed by atoms with Crippen molar-refractivity contribution >= 4 is 91.3 Å². The Morgan fingerprint density at radius 2 is 1.12 bits per heavy atom. The van der Waals surface area contributed by atoms with Crippen LogP contribution in [0.25, 0.3) is 114 Å². The smallest absolute Gasteiger partial charge is 0.160 e. The van der Waals surface area contributed by atoms with Crippen molar-refractivity contribution in [3.8, 4) is 33.8 Å². The van der Waals surface area contributed by atoms with E-state index in [1.807, 2.05) is 23.5 Å². The van der Waals surface area contributed by atoms with Gasteiger partial charge in [-0.3, -0.25) is 0 Å². The van der Waals surface area contributed by atoms with Crippen LogP contribution in [0.5, 0.6) is 0 Å². The van der Waals surface area contributed by atoms with Gasteiger partial charge in [0.05, 0.1) is 27.8 Å². The molecule has 0 N–H and O–H groups in total. The summed E-state index contributed by atoms with van der Waals surface area (Å²) in [5, 5.41) is 11.4. The van der Waals surface area contributed by atoms with E-state index in [0.29, 0.717) is 0 Å². The quantitative estimate of drug-likeness (QED) is 0.138. The molecular formula is C48H27N3S. The van der Waals surface area contributed by atoms with Crippen LogP contribution in [0.3, 0.4) is 0 Å². The average molecular weight is 678 g/mol. The number of thiophene rings is 1. The van der Waals surface area contributed by atoms with Gasteiger partial charge in [-0.1, -0.05) is 127 Å². The molecule has 52 heavy (non-hydrogen) atoms. The van der Waals surface area contributed by atoms with E-state index in [0.717, 1.165) is 33.5 Å². The molecule has 8 aromatic carbocycles. The monoisotopic (exact) mass is 677 g/mol. The number of fused-ring (bicyclic) bond motifs is 9. The Labute approximate surface area is 302 Å². The first kappa shape index (κ1) is 28.1. The van der Waals surface area contributed by atoms with Crippen LogP contribution in [0, 0.1) is 0 Å². The maximum absolute atomic E-state index is 5.14. The van der Waals surface area contributed by atoms with E-state index in [1.54, 1.807) is 0 Å². The lowest BCUT2D eigenvalue weighted by Gasteiger charge is -2.12. The molecule has 3 nitrogen and oxygen atoms in total. The predicted molar refractivity (Wildman–Crippen MR) is 221 cm³/mol. The second kappa shape index (κ2) is 10.5. The van der Waals surface area contributed by atoms with Crippen molar-refractivity contribution in [1.29, 1.82) is 0 Å². The number of nitrogens with zero attached hydrogens (tertiary/aromatic N) is 3. The molecule has 0 atom stereocenters. The van der Waals surface area contributed by atoms with E-state index >= 15 is 0 Å². The molecule has 0 aliphatic rings. The molecule has 0 amide bonds. The Bertz CT molecular complexity index is 3400. The van der Waals surface area contributed by atoms with E-state index in [-0.39, 0.29) is 0 Å². The van der Waals surface area contributed by atoms with Crippen LogP contribution in [0.4, 0.5) is 0 Å². The minimum Gasteiger partial charge on any atom is -0.308 e. The van der Waals surface area contributed by atoms with Crippen molar-refractivity contribution in [3.05, 3.63) is 164 Å². The van der Waals surface area contributed by atoms with Crippen molar-refractivity contribution in [2.24, 2.45) is 0 Å². The molecule has 0 spiro atoms. The van der Waals surface area contributed by atoms with E-state index in [9.17, 15) is 0 Å². The molecular weight excluding hydrogens is 651 g/mol. The summed E-state index contributed by atoms with van der Waals surface area (Å²) in [6, 6.07) is 59.4. The molecule has 12 rings (SSSR count). The van der Waals surface area contributed by atoms with Gasteiger partial charge in [-0.25, -0.2) is 9.97 Å². The summed E-state index contributed by atoms with van der Waals surface area (Å²) in [5.41, 5.74) is 10.3. The fraction of sp³-hybridized carbons (Fsp3) is 0. The number of para-hydroxylation sites is 2. The normalized spacial score (nSPS) is 12.2. The standard InChI is InChI=1S/C48H27N3S/c1-2-9-29(10-3-1)46-38-13-4-5-17-40(38)49-48(50-46)32-20-23-34-39-25-30(21-24-43(39)52-44(34)27-32)31-19-22-33-36-15-8-16-37-35-14-6-11-28-12-7-18-41(45(28)35)51(47(36)37)42(33)26-31/h1-27H. The number of aromatic nitrogens is 3. The lowest BCUT2D eigenvalue weighted by molar-refractivity contribution is 1.23. The maximum atomic E-state index is 5.14. The topological polar surface area (TPSA) is 30.2 Å². The summed E-state index contributed by atoms with van der Waals surface area (Å²) in [5.74, 6) is 0.746. The van der Waals surface area contributed by atoms with Crippen LogP contribution < -0.4 is 0 Å². The number of rotatable bonds is 3. The third-order valence-corrected chi connectivity index (χ3v) is 12.0. The summed E-state index contributed by atoms with van der Waals surface area (Å²) >= 11 is 1.83. The van der Waals surface area contributed by atoms with Crippen LogP contribution in [-0.2, 0) is 0 Å². The second-order valence-corrected chi connectivity index (χ2v) is 14.8. The molecule has 240 valence electrons. The molecule has 0 fully saturated rings. The Balaban J connectivity index is 1.02. The van der Waals surface area contributed by atoms with E-state index < -0.39 is 0 Å². The molecule has 0 saturated carbocycles. The molecule has 0 radical (unpaired) electrons. The molecule has 0 bridgehead atoms. The van der Waals surface area contributed by atoms with Gasteiger partial charge in [0.15, 0.2) is 5.82 Å². The number of pyridine rings is 1. The third-order valence-electron chi connectivity index (χ3n) is 10.9. The zero-order chi connectivity index (χ0) is 33.9. The Morgan fingerprint density at radius 3 is 2.04 bits per heavy atom. The molecule has 4 heterocycles. The lowest BCUT2D eigenvalue weighted by Crippen LogP contribution is -1.94. The van der Waals surface area contributed by atoms with Crippen LogP contribution in [0.15, 0.2) is 164 Å². The molecule has 0 unspecified atom stereocenters. The first-order valence-electron chi connectivity index (χ1n) is 17.7. The minimum absolute atomic E-state index is 0.746. The third kappa shape index (κ3) is 3.90. The number of hydrogen-bond acceptors (Lipinski definition) is 3. The van der Waals surface area contributed by atoms with Gasteiger partial charge in [-0.05, 0) is 58.3 Å². The Kier molecular flexibility index (Phi) is 5.65. The fourth-order valence-corrected chi connectivity index (χ4v) is 9.69. The molecule has 0 aliphatic heterocycles.